The number of halogens is 1. The molecule has 1 atom stereocenters. The van der Waals surface area contributed by atoms with E-state index in [1.54, 1.807) is 0 Å². The average Bonchev–Trinajstić information content (AvgIpc) is 2.47. The van der Waals surface area contributed by atoms with Gasteiger partial charge in [0, 0.05) is 13.1 Å². The Morgan fingerprint density at radius 3 is 2.76 bits per heavy atom. The summed E-state index contributed by atoms with van der Waals surface area (Å²) in [6.45, 7) is 6.79. The number of carbonyl (C=O) groups is 1. The summed E-state index contributed by atoms with van der Waals surface area (Å²) in [7, 11) is 0. The van der Waals surface area contributed by atoms with E-state index in [4.69, 9.17) is 0 Å². The van der Waals surface area contributed by atoms with Gasteiger partial charge in [0.2, 0.25) is 5.91 Å². The molecular weight excluding hydrogens is 284 g/mol. The Morgan fingerprint density at radius 2 is 2.00 bits per heavy atom. The third kappa shape index (κ3) is 4.21. The highest BCUT2D eigenvalue weighted by Gasteiger charge is 2.38. The lowest BCUT2D eigenvalue weighted by Gasteiger charge is -2.34. The van der Waals surface area contributed by atoms with Gasteiger partial charge in [0.05, 0.1) is 5.41 Å². The maximum atomic E-state index is 12.6. The van der Waals surface area contributed by atoms with Gasteiger partial charge >= 0.3 is 0 Å². The minimum Gasteiger partial charge on any atom is -0.354 e. The van der Waals surface area contributed by atoms with Crippen molar-refractivity contribution < 1.29 is 4.79 Å². The van der Waals surface area contributed by atoms with Crippen molar-refractivity contribution in [2.45, 2.75) is 44.9 Å². The van der Waals surface area contributed by atoms with Crippen LogP contribution in [0, 0.1) is 0 Å². The molecule has 0 spiro atoms. The summed E-state index contributed by atoms with van der Waals surface area (Å²) >= 11 is 0. The van der Waals surface area contributed by atoms with Gasteiger partial charge in [-0.3, -0.25) is 4.79 Å². The Labute approximate surface area is 134 Å². The van der Waals surface area contributed by atoms with Gasteiger partial charge in [-0.1, -0.05) is 31.2 Å². The van der Waals surface area contributed by atoms with Gasteiger partial charge in [-0.2, -0.15) is 0 Å². The van der Waals surface area contributed by atoms with Crippen molar-refractivity contribution in [3.63, 3.8) is 0 Å². The number of amides is 1. The lowest BCUT2D eigenvalue weighted by molar-refractivity contribution is -0.126. The van der Waals surface area contributed by atoms with Crippen molar-refractivity contribution in [2.24, 2.45) is 0 Å². The highest BCUT2D eigenvalue weighted by Crippen LogP contribution is 2.37. The smallest absolute Gasteiger partial charge is 0.230 e. The van der Waals surface area contributed by atoms with Crippen molar-refractivity contribution in [1.82, 2.24) is 10.6 Å². The van der Waals surface area contributed by atoms with Gasteiger partial charge < -0.3 is 10.6 Å². The standard InChI is InChI=1S/C17H26N2O.ClH/c1-3-11-18-12-13-19-16(20)17(2)10-6-8-14-7-4-5-9-15(14)17;/h4-5,7,9,18H,3,6,8,10-13H2,1-2H3,(H,19,20);1H. The molecule has 118 valence electrons. The molecule has 21 heavy (non-hydrogen) atoms. The molecule has 0 radical (unpaired) electrons. The number of aryl methyl sites for hydroxylation is 1. The van der Waals surface area contributed by atoms with Crippen molar-refractivity contribution in [2.75, 3.05) is 19.6 Å². The predicted octanol–water partition coefficient (Wildman–Crippen LogP) is 2.82. The molecule has 1 amide bonds. The SMILES string of the molecule is CCCNCCNC(=O)C1(C)CCCc2ccccc21.Cl. The molecule has 0 saturated carbocycles. The first-order chi connectivity index (χ1) is 9.68. The number of fused-ring (bicyclic) bond motifs is 1. The van der Waals surface area contributed by atoms with Crippen LogP contribution in [-0.4, -0.2) is 25.5 Å². The predicted molar refractivity (Wildman–Crippen MR) is 90.2 cm³/mol. The fourth-order valence-electron chi connectivity index (χ4n) is 3.04. The summed E-state index contributed by atoms with van der Waals surface area (Å²) in [5, 5.41) is 6.40. The summed E-state index contributed by atoms with van der Waals surface area (Å²) in [5.74, 6) is 0.169. The number of hydrogen-bond acceptors (Lipinski definition) is 2. The molecule has 4 heteroatoms. The number of nitrogens with one attached hydrogen (secondary N) is 2. The van der Waals surface area contributed by atoms with Gasteiger partial charge in [-0.05, 0) is 50.3 Å². The van der Waals surface area contributed by atoms with E-state index in [0.717, 1.165) is 38.8 Å². The zero-order valence-corrected chi connectivity index (χ0v) is 13.9. The lowest BCUT2D eigenvalue weighted by atomic mass is 9.70. The lowest BCUT2D eigenvalue weighted by Crippen LogP contribution is -2.46. The minimum absolute atomic E-state index is 0. The van der Waals surface area contributed by atoms with E-state index in [9.17, 15) is 4.79 Å². The summed E-state index contributed by atoms with van der Waals surface area (Å²) in [6, 6.07) is 8.38. The Kier molecular flexibility index (Phi) is 7.20. The first-order valence-electron chi connectivity index (χ1n) is 7.76. The molecule has 0 fully saturated rings. The van der Waals surface area contributed by atoms with Crippen LogP contribution >= 0.6 is 12.4 Å². The van der Waals surface area contributed by atoms with Crippen LogP contribution in [0.5, 0.6) is 0 Å². The van der Waals surface area contributed by atoms with E-state index in [-0.39, 0.29) is 23.7 Å². The van der Waals surface area contributed by atoms with Crippen molar-refractivity contribution in [1.29, 1.82) is 0 Å². The van der Waals surface area contributed by atoms with E-state index in [1.807, 2.05) is 6.07 Å². The zero-order chi connectivity index (χ0) is 14.4. The Balaban J connectivity index is 0.00000220. The number of rotatable bonds is 6. The van der Waals surface area contributed by atoms with Gasteiger partial charge in [-0.25, -0.2) is 0 Å². The third-order valence-corrected chi connectivity index (χ3v) is 4.25. The van der Waals surface area contributed by atoms with Crippen LogP contribution in [0.15, 0.2) is 24.3 Å². The van der Waals surface area contributed by atoms with Gasteiger partial charge in [0.1, 0.15) is 0 Å². The summed E-state index contributed by atoms with van der Waals surface area (Å²) in [4.78, 5) is 12.6. The van der Waals surface area contributed by atoms with Crippen LogP contribution < -0.4 is 10.6 Å². The normalized spacial score (nSPS) is 20.3. The number of hydrogen-bond donors (Lipinski definition) is 2. The number of benzene rings is 1. The van der Waals surface area contributed by atoms with Crippen LogP contribution in [0.2, 0.25) is 0 Å². The van der Waals surface area contributed by atoms with Crippen molar-refractivity contribution in [3.8, 4) is 0 Å². The van der Waals surface area contributed by atoms with Crippen LogP contribution in [0.1, 0.15) is 44.2 Å². The summed E-state index contributed by atoms with van der Waals surface area (Å²) in [5.41, 5.74) is 2.19. The molecule has 0 aliphatic heterocycles. The molecule has 2 rings (SSSR count). The second-order valence-corrected chi connectivity index (χ2v) is 5.85. The van der Waals surface area contributed by atoms with E-state index in [2.05, 4.69) is 42.7 Å². The minimum atomic E-state index is -0.362. The van der Waals surface area contributed by atoms with Crippen LogP contribution in [-0.2, 0) is 16.6 Å². The molecule has 0 aromatic heterocycles. The maximum absolute atomic E-state index is 12.6. The highest BCUT2D eigenvalue weighted by atomic mass is 35.5. The largest absolute Gasteiger partial charge is 0.354 e. The molecule has 1 aliphatic rings. The average molecular weight is 311 g/mol. The number of carbonyl (C=O) groups excluding carboxylic acids is 1. The molecule has 0 heterocycles. The molecule has 0 saturated heterocycles. The summed E-state index contributed by atoms with van der Waals surface area (Å²) < 4.78 is 0. The summed E-state index contributed by atoms with van der Waals surface area (Å²) in [6.07, 6.45) is 4.25. The highest BCUT2D eigenvalue weighted by molar-refractivity contribution is 5.88. The molecular formula is C17H27ClN2O. The molecule has 1 aromatic rings. The van der Waals surface area contributed by atoms with Crippen LogP contribution in [0.4, 0.5) is 0 Å². The maximum Gasteiger partial charge on any atom is 0.230 e. The monoisotopic (exact) mass is 310 g/mol. The Hall–Kier alpha value is -1.06. The second-order valence-electron chi connectivity index (χ2n) is 5.85. The molecule has 1 aromatic carbocycles. The fraction of sp³-hybridized carbons (Fsp3) is 0.588. The zero-order valence-electron chi connectivity index (χ0n) is 13.1. The molecule has 1 aliphatic carbocycles. The van der Waals surface area contributed by atoms with Crippen LogP contribution in [0.3, 0.4) is 0 Å². The molecule has 3 nitrogen and oxygen atoms in total. The first kappa shape index (κ1) is 18.0. The van der Waals surface area contributed by atoms with Gasteiger partial charge in [0.15, 0.2) is 0 Å². The third-order valence-electron chi connectivity index (χ3n) is 4.25. The second kappa shape index (κ2) is 8.40. The topological polar surface area (TPSA) is 41.1 Å². The molecule has 0 bridgehead atoms. The van der Waals surface area contributed by atoms with E-state index < -0.39 is 0 Å². The Morgan fingerprint density at radius 1 is 1.24 bits per heavy atom. The van der Waals surface area contributed by atoms with E-state index in [1.165, 1.54) is 11.1 Å². The first-order valence-corrected chi connectivity index (χ1v) is 7.76. The van der Waals surface area contributed by atoms with Crippen molar-refractivity contribution >= 4 is 18.3 Å². The quantitative estimate of drug-likeness (QED) is 0.793. The van der Waals surface area contributed by atoms with E-state index in [0.29, 0.717) is 6.54 Å². The molecule has 2 N–H and O–H groups in total. The van der Waals surface area contributed by atoms with Crippen molar-refractivity contribution in [3.05, 3.63) is 35.4 Å². The molecule has 1 unspecified atom stereocenters. The van der Waals surface area contributed by atoms with E-state index >= 15 is 0 Å². The fourth-order valence-corrected chi connectivity index (χ4v) is 3.04. The van der Waals surface area contributed by atoms with Gasteiger partial charge in [0.25, 0.3) is 0 Å². The van der Waals surface area contributed by atoms with Gasteiger partial charge in [-0.15, -0.1) is 12.4 Å². The Bertz CT molecular complexity index is 464. The van der Waals surface area contributed by atoms with Crippen LogP contribution in [0.25, 0.3) is 0 Å².